The SMILES string of the molecule is CCNS(=O)(=O)Nc1ccc2c(c1)CNCC2. The average Bonchev–Trinajstić information content (AvgIpc) is 2.28. The molecular formula is C11H17N3O2S. The molecule has 17 heavy (non-hydrogen) atoms. The molecule has 1 aromatic carbocycles. The van der Waals surface area contributed by atoms with E-state index in [1.54, 1.807) is 13.0 Å². The van der Waals surface area contributed by atoms with Gasteiger partial charge in [0.05, 0.1) is 5.69 Å². The predicted octanol–water partition coefficient (Wildman–Crippen LogP) is 0.598. The molecule has 0 radical (unpaired) electrons. The molecule has 5 nitrogen and oxygen atoms in total. The molecule has 0 unspecified atom stereocenters. The highest BCUT2D eigenvalue weighted by molar-refractivity contribution is 7.90. The van der Waals surface area contributed by atoms with Crippen molar-refractivity contribution in [1.29, 1.82) is 0 Å². The topological polar surface area (TPSA) is 70.2 Å². The third kappa shape index (κ3) is 3.18. The molecule has 1 aromatic rings. The van der Waals surface area contributed by atoms with Crippen LogP contribution in [0.3, 0.4) is 0 Å². The van der Waals surface area contributed by atoms with E-state index in [9.17, 15) is 8.42 Å². The highest BCUT2D eigenvalue weighted by Crippen LogP contribution is 2.19. The van der Waals surface area contributed by atoms with E-state index in [1.807, 2.05) is 12.1 Å². The molecule has 1 aliphatic rings. The summed E-state index contributed by atoms with van der Waals surface area (Å²) in [4.78, 5) is 0. The van der Waals surface area contributed by atoms with Gasteiger partial charge in [-0.1, -0.05) is 13.0 Å². The standard InChI is InChI=1S/C11H17N3O2S/c1-2-13-17(15,16)14-11-4-3-9-5-6-12-8-10(9)7-11/h3-4,7,12-14H,2,5-6,8H2,1H3. The maximum Gasteiger partial charge on any atom is 0.299 e. The minimum absolute atomic E-state index is 0.377. The minimum atomic E-state index is -3.43. The van der Waals surface area contributed by atoms with Crippen LogP contribution in [-0.4, -0.2) is 21.5 Å². The van der Waals surface area contributed by atoms with Gasteiger partial charge in [-0.25, -0.2) is 0 Å². The number of hydrogen-bond donors (Lipinski definition) is 3. The zero-order chi connectivity index (χ0) is 12.3. The van der Waals surface area contributed by atoms with Crippen LogP contribution in [0.25, 0.3) is 0 Å². The number of fused-ring (bicyclic) bond motifs is 1. The number of hydrogen-bond acceptors (Lipinski definition) is 3. The third-order valence-corrected chi connectivity index (χ3v) is 3.85. The molecule has 1 heterocycles. The fourth-order valence-corrected chi connectivity index (χ4v) is 2.81. The molecule has 0 atom stereocenters. The van der Waals surface area contributed by atoms with Gasteiger partial charge in [-0.05, 0) is 36.2 Å². The molecule has 0 bridgehead atoms. The Morgan fingerprint density at radius 3 is 2.94 bits per heavy atom. The molecular weight excluding hydrogens is 238 g/mol. The first-order valence-electron chi connectivity index (χ1n) is 5.70. The molecule has 3 N–H and O–H groups in total. The number of rotatable bonds is 4. The summed E-state index contributed by atoms with van der Waals surface area (Å²) in [5.74, 6) is 0. The predicted molar refractivity (Wildman–Crippen MR) is 68.1 cm³/mol. The van der Waals surface area contributed by atoms with Crippen LogP contribution in [0.2, 0.25) is 0 Å². The third-order valence-electron chi connectivity index (χ3n) is 2.68. The number of benzene rings is 1. The van der Waals surface area contributed by atoms with Crippen molar-refractivity contribution >= 4 is 15.9 Å². The zero-order valence-corrected chi connectivity index (χ0v) is 10.6. The normalized spacial score (nSPS) is 15.4. The maximum absolute atomic E-state index is 11.5. The fraction of sp³-hybridized carbons (Fsp3) is 0.455. The van der Waals surface area contributed by atoms with Gasteiger partial charge in [0.15, 0.2) is 0 Å². The molecule has 0 aliphatic carbocycles. The summed E-state index contributed by atoms with van der Waals surface area (Å²) in [7, 11) is -3.43. The van der Waals surface area contributed by atoms with Crippen LogP contribution in [0.15, 0.2) is 18.2 Å². The monoisotopic (exact) mass is 255 g/mol. The van der Waals surface area contributed by atoms with E-state index >= 15 is 0 Å². The van der Waals surface area contributed by atoms with Crippen molar-refractivity contribution in [2.45, 2.75) is 19.9 Å². The quantitative estimate of drug-likeness (QED) is 0.738. The highest BCUT2D eigenvalue weighted by atomic mass is 32.2. The van der Waals surface area contributed by atoms with Gasteiger partial charge >= 0.3 is 0 Å². The maximum atomic E-state index is 11.5. The lowest BCUT2D eigenvalue weighted by atomic mass is 10.0. The van der Waals surface area contributed by atoms with E-state index in [4.69, 9.17) is 0 Å². The van der Waals surface area contributed by atoms with Crippen LogP contribution in [0.4, 0.5) is 5.69 Å². The van der Waals surface area contributed by atoms with Crippen molar-refractivity contribution in [3.8, 4) is 0 Å². The number of anilines is 1. The second-order valence-electron chi connectivity index (χ2n) is 4.01. The largest absolute Gasteiger partial charge is 0.312 e. The average molecular weight is 255 g/mol. The molecule has 1 aliphatic heterocycles. The lowest BCUT2D eigenvalue weighted by molar-refractivity contribution is 0.589. The summed E-state index contributed by atoms with van der Waals surface area (Å²) >= 11 is 0. The van der Waals surface area contributed by atoms with E-state index in [0.29, 0.717) is 12.2 Å². The van der Waals surface area contributed by atoms with Gasteiger partial charge in [0.2, 0.25) is 0 Å². The molecule has 94 valence electrons. The van der Waals surface area contributed by atoms with Gasteiger partial charge in [-0.2, -0.15) is 13.1 Å². The van der Waals surface area contributed by atoms with Gasteiger partial charge < -0.3 is 5.32 Å². The number of nitrogens with one attached hydrogen (secondary N) is 3. The molecule has 0 spiro atoms. The van der Waals surface area contributed by atoms with Crippen LogP contribution in [0.5, 0.6) is 0 Å². The van der Waals surface area contributed by atoms with Gasteiger partial charge in [-0.3, -0.25) is 4.72 Å². The summed E-state index contributed by atoms with van der Waals surface area (Å²) in [5, 5.41) is 3.26. The molecule has 0 saturated carbocycles. The molecule has 0 saturated heterocycles. The Labute approximate surface area is 102 Å². The first kappa shape index (κ1) is 12.3. The Hall–Kier alpha value is -1.11. The van der Waals surface area contributed by atoms with E-state index in [1.165, 1.54) is 5.56 Å². The lowest BCUT2D eigenvalue weighted by Crippen LogP contribution is -2.30. The molecule has 6 heteroatoms. The Morgan fingerprint density at radius 2 is 2.18 bits per heavy atom. The summed E-state index contributed by atoms with van der Waals surface area (Å²) in [6.07, 6.45) is 0.996. The van der Waals surface area contributed by atoms with Crippen molar-refractivity contribution in [3.05, 3.63) is 29.3 Å². The zero-order valence-electron chi connectivity index (χ0n) is 9.79. The summed E-state index contributed by atoms with van der Waals surface area (Å²) in [6.45, 7) is 3.90. The fourth-order valence-electron chi connectivity index (χ4n) is 1.93. The van der Waals surface area contributed by atoms with E-state index in [0.717, 1.165) is 25.1 Å². The summed E-state index contributed by atoms with van der Waals surface area (Å²) in [6, 6.07) is 5.68. The van der Waals surface area contributed by atoms with Gasteiger partial charge in [-0.15, -0.1) is 0 Å². The van der Waals surface area contributed by atoms with E-state index < -0.39 is 10.2 Å². The van der Waals surface area contributed by atoms with Crippen molar-refractivity contribution < 1.29 is 8.42 Å². The highest BCUT2D eigenvalue weighted by Gasteiger charge is 2.12. The minimum Gasteiger partial charge on any atom is -0.312 e. The second-order valence-corrected chi connectivity index (χ2v) is 5.51. The van der Waals surface area contributed by atoms with Crippen LogP contribution in [-0.2, 0) is 23.2 Å². The smallest absolute Gasteiger partial charge is 0.299 e. The van der Waals surface area contributed by atoms with Crippen molar-refractivity contribution in [2.24, 2.45) is 0 Å². The Balaban J connectivity index is 2.17. The van der Waals surface area contributed by atoms with Gasteiger partial charge in [0.25, 0.3) is 10.2 Å². The summed E-state index contributed by atoms with van der Waals surface area (Å²) < 4.78 is 28.0. The first-order valence-corrected chi connectivity index (χ1v) is 7.19. The van der Waals surface area contributed by atoms with Crippen LogP contribution in [0.1, 0.15) is 18.1 Å². The van der Waals surface area contributed by atoms with Crippen LogP contribution < -0.4 is 14.8 Å². The van der Waals surface area contributed by atoms with E-state index in [-0.39, 0.29) is 0 Å². The van der Waals surface area contributed by atoms with Crippen molar-refractivity contribution in [1.82, 2.24) is 10.0 Å². The van der Waals surface area contributed by atoms with Crippen LogP contribution in [0, 0.1) is 0 Å². The van der Waals surface area contributed by atoms with Crippen molar-refractivity contribution in [2.75, 3.05) is 17.8 Å². The van der Waals surface area contributed by atoms with Gasteiger partial charge in [0, 0.05) is 13.1 Å². The van der Waals surface area contributed by atoms with Crippen LogP contribution >= 0.6 is 0 Å². The molecule has 0 fully saturated rings. The Morgan fingerprint density at radius 1 is 1.35 bits per heavy atom. The molecule has 0 amide bonds. The Bertz CT molecular complexity index is 499. The molecule has 2 rings (SSSR count). The van der Waals surface area contributed by atoms with E-state index in [2.05, 4.69) is 14.8 Å². The summed E-state index contributed by atoms with van der Waals surface area (Å²) in [5.41, 5.74) is 3.05. The van der Waals surface area contributed by atoms with Crippen molar-refractivity contribution in [3.63, 3.8) is 0 Å². The second kappa shape index (κ2) is 5.03. The first-order chi connectivity index (χ1) is 8.11. The van der Waals surface area contributed by atoms with Gasteiger partial charge in [0.1, 0.15) is 0 Å². The molecule has 0 aromatic heterocycles. The lowest BCUT2D eigenvalue weighted by Gasteiger charge is -2.18. The Kier molecular flexibility index (Phi) is 3.66.